The highest BCUT2D eigenvalue weighted by Crippen LogP contribution is 2.21. The first-order valence-corrected chi connectivity index (χ1v) is 8.11. The molecular weight excluding hydrogens is 302 g/mol. The van der Waals surface area contributed by atoms with Crippen molar-refractivity contribution in [2.24, 2.45) is 11.7 Å². The molecule has 0 aliphatic carbocycles. The molecule has 0 bridgehead atoms. The van der Waals surface area contributed by atoms with E-state index in [4.69, 9.17) is 5.73 Å². The van der Waals surface area contributed by atoms with Crippen molar-refractivity contribution in [1.29, 1.82) is 0 Å². The van der Waals surface area contributed by atoms with E-state index in [1.54, 1.807) is 24.3 Å². The fourth-order valence-corrected chi connectivity index (χ4v) is 3.05. The zero-order valence-corrected chi connectivity index (χ0v) is 13.4. The molecule has 1 fully saturated rings. The summed E-state index contributed by atoms with van der Waals surface area (Å²) in [7, 11) is 0. The molecule has 3 N–H and O–H groups in total. The highest BCUT2D eigenvalue weighted by Gasteiger charge is 2.26. The predicted octanol–water partition coefficient (Wildman–Crippen LogP) is 2.88. The maximum Gasteiger partial charge on any atom is 0.321 e. The quantitative estimate of drug-likeness (QED) is 0.908. The van der Waals surface area contributed by atoms with Crippen molar-refractivity contribution in [3.8, 4) is 0 Å². The number of nitrogens with two attached hydrogens (primary N) is 1. The number of urea groups is 1. The van der Waals surface area contributed by atoms with Gasteiger partial charge in [-0.3, -0.25) is 4.79 Å². The average molecular weight is 323 g/mol. The van der Waals surface area contributed by atoms with Crippen LogP contribution in [0.15, 0.2) is 54.6 Å². The fraction of sp³-hybridized carbons (Fsp3) is 0.263. The van der Waals surface area contributed by atoms with Gasteiger partial charge < -0.3 is 16.0 Å². The van der Waals surface area contributed by atoms with Crippen LogP contribution in [0.4, 0.5) is 10.5 Å². The van der Waals surface area contributed by atoms with Crippen LogP contribution >= 0.6 is 0 Å². The lowest BCUT2D eigenvalue weighted by Crippen LogP contribution is -2.33. The second-order valence-corrected chi connectivity index (χ2v) is 6.16. The van der Waals surface area contributed by atoms with Crippen LogP contribution in [0.2, 0.25) is 0 Å². The second-order valence-electron chi connectivity index (χ2n) is 6.16. The molecule has 0 spiro atoms. The number of carbonyl (C=O) groups is 2. The molecule has 0 saturated carbocycles. The summed E-state index contributed by atoms with van der Waals surface area (Å²) in [6.07, 6.45) is 2.01. The molecule has 0 unspecified atom stereocenters. The molecule has 3 amide bonds. The Hall–Kier alpha value is -2.82. The Morgan fingerprint density at radius 1 is 1.08 bits per heavy atom. The van der Waals surface area contributed by atoms with Crippen LogP contribution in [-0.2, 0) is 6.42 Å². The summed E-state index contributed by atoms with van der Waals surface area (Å²) in [5.41, 5.74) is 7.61. The summed E-state index contributed by atoms with van der Waals surface area (Å²) < 4.78 is 0. The first kappa shape index (κ1) is 16.1. The summed E-state index contributed by atoms with van der Waals surface area (Å²) in [5, 5.41) is 2.87. The van der Waals surface area contributed by atoms with E-state index in [2.05, 4.69) is 17.4 Å². The van der Waals surface area contributed by atoms with Crippen LogP contribution in [0, 0.1) is 5.92 Å². The van der Waals surface area contributed by atoms with E-state index in [1.165, 1.54) is 5.56 Å². The third kappa shape index (κ3) is 3.93. The van der Waals surface area contributed by atoms with Crippen molar-refractivity contribution in [3.05, 3.63) is 65.7 Å². The van der Waals surface area contributed by atoms with Crippen LogP contribution in [0.5, 0.6) is 0 Å². The minimum absolute atomic E-state index is 0.0996. The van der Waals surface area contributed by atoms with Crippen LogP contribution in [0.1, 0.15) is 22.3 Å². The topological polar surface area (TPSA) is 75.4 Å². The van der Waals surface area contributed by atoms with Crippen LogP contribution in [0.3, 0.4) is 0 Å². The van der Waals surface area contributed by atoms with Gasteiger partial charge >= 0.3 is 6.03 Å². The first-order valence-electron chi connectivity index (χ1n) is 8.11. The SMILES string of the molecule is NC(=O)c1ccc(NC(=O)N2CC[C@@H](Cc3ccccc3)C2)cc1. The van der Waals surface area contributed by atoms with Crippen LogP contribution in [-0.4, -0.2) is 29.9 Å². The summed E-state index contributed by atoms with van der Waals surface area (Å²) in [6, 6.07) is 16.9. The van der Waals surface area contributed by atoms with Gasteiger partial charge in [-0.15, -0.1) is 0 Å². The van der Waals surface area contributed by atoms with Gasteiger partial charge in [0.05, 0.1) is 0 Å². The maximum atomic E-state index is 12.4. The molecule has 0 radical (unpaired) electrons. The van der Waals surface area contributed by atoms with Gasteiger partial charge in [-0.2, -0.15) is 0 Å². The van der Waals surface area contributed by atoms with Gasteiger partial charge in [-0.1, -0.05) is 30.3 Å². The number of nitrogens with one attached hydrogen (secondary N) is 1. The number of nitrogens with zero attached hydrogens (tertiary/aromatic N) is 1. The van der Waals surface area contributed by atoms with Gasteiger partial charge in [0.25, 0.3) is 0 Å². The number of primary amides is 1. The summed E-state index contributed by atoms with van der Waals surface area (Å²) >= 11 is 0. The lowest BCUT2D eigenvalue weighted by molar-refractivity contribution is 0.100. The Morgan fingerprint density at radius 2 is 1.79 bits per heavy atom. The molecule has 1 saturated heterocycles. The van der Waals surface area contributed by atoms with Crippen molar-refractivity contribution >= 4 is 17.6 Å². The minimum Gasteiger partial charge on any atom is -0.366 e. The Balaban J connectivity index is 1.53. The van der Waals surface area contributed by atoms with Gasteiger partial charge in [0, 0.05) is 24.3 Å². The second kappa shape index (κ2) is 7.17. The van der Waals surface area contributed by atoms with Crippen molar-refractivity contribution < 1.29 is 9.59 Å². The molecule has 124 valence electrons. The molecule has 5 heteroatoms. The number of anilines is 1. The number of amides is 3. The van der Waals surface area contributed by atoms with E-state index < -0.39 is 5.91 Å². The molecule has 1 atom stereocenters. The van der Waals surface area contributed by atoms with E-state index in [0.717, 1.165) is 25.9 Å². The third-order valence-electron chi connectivity index (χ3n) is 4.36. The molecule has 2 aromatic rings. The summed E-state index contributed by atoms with van der Waals surface area (Å²) in [4.78, 5) is 25.3. The van der Waals surface area contributed by atoms with Gasteiger partial charge in [0.1, 0.15) is 0 Å². The highest BCUT2D eigenvalue weighted by atomic mass is 16.2. The average Bonchev–Trinajstić information content (AvgIpc) is 3.05. The zero-order valence-electron chi connectivity index (χ0n) is 13.4. The lowest BCUT2D eigenvalue weighted by atomic mass is 9.99. The number of carbonyl (C=O) groups excluding carboxylic acids is 2. The monoisotopic (exact) mass is 323 g/mol. The Kier molecular flexibility index (Phi) is 4.79. The molecule has 1 aliphatic rings. The van der Waals surface area contributed by atoms with E-state index in [0.29, 0.717) is 17.2 Å². The molecule has 2 aromatic carbocycles. The number of hydrogen-bond acceptors (Lipinski definition) is 2. The van der Waals surface area contributed by atoms with Crippen molar-refractivity contribution in [2.45, 2.75) is 12.8 Å². The number of rotatable bonds is 4. The first-order chi connectivity index (χ1) is 11.6. The standard InChI is InChI=1S/C19H21N3O2/c20-18(23)16-6-8-17(9-7-16)21-19(24)22-11-10-15(13-22)12-14-4-2-1-3-5-14/h1-9,15H,10-13H2,(H2,20,23)(H,21,24)/t15-/m0/s1. The maximum absolute atomic E-state index is 12.4. The number of hydrogen-bond donors (Lipinski definition) is 2. The van der Waals surface area contributed by atoms with Crippen molar-refractivity contribution in [1.82, 2.24) is 4.90 Å². The van der Waals surface area contributed by atoms with Gasteiger partial charge in [-0.05, 0) is 48.6 Å². The normalized spacial score (nSPS) is 16.8. The van der Waals surface area contributed by atoms with E-state index >= 15 is 0 Å². The zero-order chi connectivity index (χ0) is 16.9. The smallest absolute Gasteiger partial charge is 0.321 e. The lowest BCUT2D eigenvalue weighted by Gasteiger charge is -2.17. The fourth-order valence-electron chi connectivity index (χ4n) is 3.05. The number of benzene rings is 2. The van der Waals surface area contributed by atoms with Crippen molar-refractivity contribution in [2.75, 3.05) is 18.4 Å². The largest absolute Gasteiger partial charge is 0.366 e. The number of likely N-dealkylation sites (tertiary alicyclic amines) is 1. The summed E-state index contributed by atoms with van der Waals surface area (Å²) in [6.45, 7) is 1.53. The van der Waals surface area contributed by atoms with E-state index in [-0.39, 0.29) is 6.03 Å². The molecule has 1 heterocycles. The van der Waals surface area contributed by atoms with E-state index in [9.17, 15) is 9.59 Å². The van der Waals surface area contributed by atoms with Gasteiger partial charge in [0.2, 0.25) is 5.91 Å². The minimum atomic E-state index is -0.476. The van der Waals surface area contributed by atoms with E-state index in [1.807, 2.05) is 23.1 Å². The Morgan fingerprint density at radius 3 is 2.46 bits per heavy atom. The highest BCUT2D eigenvalue weighted by molar-refractivity contribution is 5.94. The van der Waals surface area contributed by atoms with Crippen LogP contribution in [0.25, 0.3) is 0 Å². The van der Waals surface area contributed by atoms with Crippen molar-refractivity contribution in [3.63, 3.8) is 0 Å². The predicted molar refractivity (Wildman–Crippen MR) is 93.8 cm³/mol. The molecular formula is C19H21N3O2. The summed E-state index contributed by atoms with van der Waals surface area (Å²) in [5.74, 6) is 0.0200. The van der Waals surface area contributed by atoms with Gasteiger partial charge in [0.15, 0.2) is 0 Å². The van der Waals surface area contributed by atoms with Gasteiger partial charge in [-0.25, -0.2) is 4.79 Å². The Labute approximate surface area is 141 Å². The molecule has 24 heavy (non-hydrogen) atoms. The third-order valence-corrected chi connectivity index (χ3v) is 4.36. The molecule has 1 aliphatic heterocycles. The molecule has 5 nitrogen and oxygen atoms in total. The van der Waals surface area contributed by atoms with Crippen LogP contribution < -0.4 is 11.1 Å². The molecule has 0 aromatic heterocycles. The molecule has 3 rings (SSSR count). The Bertz CT molecular complexity index is 713.